The number of terminal acetylenes is 1. The van der Waals surface area contributed by atoms with Gasteiger partial charge in [0.15, 0.2) is 0 Å². The summed E-state index contributed by atoms with van der Waals surface area (Å²) >= 11 is 0. The number of amides is 1. The first-order chi connectivity index (χ1) is 8.54. The summed E-state index contributed by atoms with van der Waals surface area (Å²) in [5, 5.41) is 1.44. The quantitative estimate of drug-likeness (QED) is 0.543. The summed E-state index contributed by atoms with van der Waals surface area (Å²) in [6.45, 7) is 13.1. The molecule has 4 heteroatoms. The molecule has 0 radical (unpaired) electrons. The third-order valence-electron chi connectivity index (χ3n) is 3.11. The molecule has 3 nitrogen and oxygen atoms in total. The number of ether oxygens (including phenoxy) is 1. The minimum Gasteiger partial charge on any atom is -0.444 e. The molecule has 0 bridgehead atoms. The molecule has 0 aliphatic carbocycles. The van der Waals surface area contributed by atoms with Crippen LogP contribution in [0.1, 0.15) is 27.2 Å². The third kappa shape index (κ3) is 4.43. The van der Waals surface area contributed by atoms with Gasteiger partial charge in [0.2, 0.25) is 0 Å². The van der Waals surface area contributed by atoms with Crippen molar-refractivity contribution < 1.29 is 9.53 Å². The van der Waals surface area contributed by atoms with Gasteiger partial charge in [-0.2, -0.15) is 0 Å². The zero-order chi connectivity index (χ0) is 14.8. The number of rotatable bonds is 1. The molecule has 1 heterocycles. The molecule has 0 aromatic rings. The second-order valence-electron chi connectivity index (χ2n) is 7.00. The fourth-order valence-electron chi connectivity index (χ4n) is 2.02. The molecule has 106 valence electrons. The smallest absolute Gasteiger partial charge is 0.411 e. The molecule has 1 aliphatic heterocycles. The van der Waals surface area contributed by atoms with Crippen molar-refractivity contribution in [1.29, 1.82) is 0 Å². The normalized spacial score (nSPS) is 20.6. The van der Waals surface area contributed by atoms with Gasteiger partial charge >= 0.3 is 6.09 Å². The summed E-state index contributed by atoms with van der Waals surface area (Å²) in [7, 11) is -1.34. The number of nitrogens with zero attached hydrogens (tertiary/aromatic N) is 1. The Hall–Kier alpha value is -1.21. The monoisotopic (exact) mass is 279 g/mol. The van der Waals surface area contributed by atoms with Crippen LogP contribution in [0, 0.1) is 12.3 Å². The van der Waals surface area contributed by atoms with Crippen LogP contribution in [-0.2, 0) is 4.74 Å². The second kappa shape index (κ2) is 5.42. The lowest BCUT2D eigenvalue weighted by molar-refractivity contribution is 0.0222. The van der Waals surface area contributed by atoms with Crippen LogP contribution >= 0.6 is 0 Å². The molecule has 0 saturated carbocycles. The molecule has 0 aromatic carbocycles. The van der Waals surface area contributed by atoms with Crippen LogP contribution in [0.25, 0.3) is 0 Å². The lowest BCUT2D eigenvalue weighted by atomic mass is 10.1. The Morgan fingerprint density at radius 1 is 1.47 bits per heavy atom. The van der Waals surface area contributed by atoms with Gasteiger partial charge in [-0.1, -0.05) is 36.8 Å². The molecular weight excluding hydrogens is 254 g/mol. The molecule has 0 saturated heterocycles. The summed E-state index contributed by atoms with van der Waals surface area (Å²) in [5.74, 6) is 2.73. The fourth-order valence-corrected chi connectivity index (χ4v) is 3.53. The standard InChI is InChI=1S/C15H25NO2Si/c1-8-12-11-13(19(5,6)7)9-10-16(12)14(17)18-15(2,3)4/h1,9,12H,10-11H2,2-7H3. The SMILES string of the molecule is C#CC1CC([Si](C)(C)C)=CCN1C(=O)OC(C)(C)C. The Balaban J connectivity index is 2.86. The van der Waals surface area contributed by atoms with E-state index < -0.39 is 13.7 Å². The molecule has 0 aromatic heterocycles. The van der Waals surface area contributed by atoms with E-state index in [4.69, 9.17) is 11.2 Å². The van der Waals surface area contributed by atoms with E-state index in [9.17, 15) is 4.79 Å². The Labute approximate surface area is 118 Å². The molecule has 0 spiro atoms. The van der Waals surface area contributed by atoms with Crippen molar-refractivity contribution in [3.05, 3.63) is 11.3 Å². The van der Waals surface area contributed by atoms with Gasteiger partial charge in [-0.15, -0.1) is 6.42 Å². The van der Waals surface area contributed by atoms with Crippen LogP contribution in [0.5, 0.6) is 0 Å². The zero-order valence-electron chi connectivity index (χ0n) is 12.9. The molecule has 1 unspecified atom stereocenters. The van der Waals surface area contributed by atoms with E-state index >= 15 is 0 Å². The molecule has 1 atom stereocenters. The number of hydrogen-bond acceptors (Lipinski definition) is 2. The molecule has 1 aliphatic rings. The highest BCUT2D eigenvalue weighted by atomic mass is 28.3. The van der Waals surface area contributed by atoms with Crippen LogP contribution in [0.3, 0.4) is 0 Å². The van der Waals surface area contributed by atoms with Gasteiger partial charge in [0.05, 0.1) is 14.1 Å². The van der Waals surface area contributed by atoms with Gasteiger partial charge in [-0.05, 0) is 27.2 Å². The first kappa shape index (κ1) is 15.8. The maximum absolute atomic E-state index is 12.1. The Bertz CT molecular complexity index is 421. The highest BCUT2D eigenvalue weighted by molar-refractivity contribution is 6.83. The van der Waals surface area contributed by atoms with E-state index in [-0.39, 0.29) is 12.1 Å². The first-order valence-electron chi connectivity index (χ1n) is 6.70. The third-order valence-corrected chi connectivity index (χ3v) is 5.44. The summed E-state index contributed by atoms with van der Waals surface area (Å²) in [4.78, 5) is 13.8. The minimum atomic E-state index is -1.34. The van der Waals surface area contributed by atoms with Gasteiger partial charge < -0.3 is 4.74 Å². The topological polar surface area (TPSA) is 29.5 Å². The molecule has 0 fully saturated rings. The van der Waals surface area contributed by atoms with Crippen molar-refractivity contribution in [2.75, 3.05) is 6.54 Å². The largest absolute Gasteiger partial charge is 0.444 e. The second-order valence-corrected chi connectivity index (χ2v) is 12.1. The Morgan fingerprint density at radius 3 is 2.47 bits per heavy atom. The summed E-state index contributed by atoms with van der Waals surface area (Å²) < 4.78 is 5.40. The van der Waals surface area contributed by atoms with Crippen LogP contribution in [0.2, 0.25) is 19.6 Å². The molecule has 19 heavy (non-hydrogen) atoms. The van der Waals surface area contributed by atoms with Crippen molar-refractivity contribution in [1.82, 2.24) is 4.90 Å². The fraction of sp³-hybridized carbons (Fsp3) is 0.667. The first-order valence-corrected chi connectivity index (χ1v) is 10.2. The molecule has 0 N–H and O–H groups in total. The van der Waals surface area contributed by atoms with Crippen molar-refractivity contribution in [2.24, 2.45) is 0 Å². The van der Waals surface area contributed by atoms with E-state index in [0.29, 0.717) is 6.54 Å². The van der Waals surface area contributed by atoms with E-state index in [1.807, 2.05) is 20.8 Å². The van der Waals surface area contributed by atoms with E-state index in [1.54, 1.807) is 4.90 Å². The van der Waals surface area contributed by atoms with Crippen molar-refractivity contribution >= 4 is 14.2 Å². The molecule has 1 rings (SSSR count). The minimum absolute atomic E-state index is 0.179. The van der Waals surface area contributed by atoms with Crippen LogP contribution in [0.4, 0.5) is 4.79 Å². The Kier molecular flexibility index (Phi) is 4.52. The molecular formula is C15H25NO2Si. The predicted octanol–water partition coefficient (Wildman–Crippen LogP) is 3.43. The zero-order valence-corrected chi connectivity index (χ0v) is 13.9. The average Bonchev–Trinajstić information content (AvgIpc) is 2.24. The van der Waals surface area contributed by atoms with Gasteiger partial charge in [-0.3, -0.25) is 4.90 Å². The number of hydrogen-bond donors (Lipinski definition) is 0. The van der Waals surface area contributed by atoms with Gasteiger partial charge in [0.25, 0.3) is 0 Å². The number of carbonyl (C=O) groups is 1. The molecule has 1 amide bonds. The van der Waals surface area contributed by atoms with E-state index in [0.717, 1.165) is 6.42 Å². The highest BCUT2D eigenvalue weighted by Gasteiger charge is 2.33. The maximum Gasteiger partial charge on any atom is 0.411 e. The van der Waals surface area contributed by atoms with Crippen molar-refractivity contribution in [3.8, 4) is 12.3 Å². The average molecular weight is 279 g/mol. The maximum atomic E-state index is 12.1. The summed E-state index contributed by atoms with van der Waals surface area (Å²) in [6.07, 6.45) is 8.21. The summed E-state index contributed by atoms with van der Waals surface area (Å²) in [5.41, 5.74) is -0.487. The lowest BCUT2D eigenvalue weighted by Gasteiger charge is -2.36. The van der Waals surface area contributed by atoms with Crippen LogP contribution < -0.4 is 0 Å². The lowest BCUT2D eigenvalue weighted by Crippen LogP contribution is -2.47. The number of carbonyl (C=O) groups excluding carboxylic acids is 1. The Morgan fingerprint density at radius 2 is 2.05 bits per heavy atom. The highest BCUT2D eigenvalue weighted by Crippen LogP contribution is 2.26. The summed E-state index contributed by atoms with van der Waals surface area (Å²) in [6, 6.07) is -0.179. The van der Waals surface area contributed by atoms with Crippen molar-refractivity contribution in [3.63, 3.8) is 0 Å². The van der Waals surface area contributed by atoms with Crippen molar-refractivity contribution in [2.45, 2.75) is 58.5 Å². The van der Waals surface area contributed by atoms with E-state index in [1.165, 1.54) is 5.20 Å². The van der Waals surface area contributed by atoms with Gasteiger partial charge in [0, 0.05) is 6.54 Å². The van der Waals surface area contributed by atoms with Crippen LogP contribution in [-0.4, -0.2) is 37.3 Å². The van der Waals surface area contributed by atoms with E-state index in [2.05, 4.69) is 31.6 Å². The van der Waals surface area contributed by atoms with Gasteiger partial charge in [0.1, 0.15) is 5.60 Å². The van der Waals surface area contributed by atoms with Crippen LogP contribution in [0.15, 0.2) is 11.3 Å². The predicted molar refractivity (Wildman–Crippen MR) is 81.6 cm³/mol. The van der Waals surface area contributed by atoms with Gasteiger partial charge in [-0.25, -0.2) is 4.79 Å².